The molecular weight excluding hydrogens is 614 g/mol. The van der Waals surface area contributed by atoms with Crippen molar-refractivity contribution in [3.05, 3.63) is 58.7 Å². The normalized spacial score (nSPS) is 34.0. The number of rotatable bonds is 2. The fourth-order valence-corrected chi connectivity index (χ4v) is 7.02. The summed E-state index contributed by atoms with van der Waals surface area (Å²) in [6.07, 6.45) is -13.6. The molecule has 250 valence electrons. The average Bonchev–Trinajstić information content (AvgIpc) is 3.33. The van der Waals surface area contributed by atoms with Crippen molar-refractivity contribution < 1.29 is 60.2 Å². The fraction of sp³-hybridized carbons (Fsp3) is 0.500. The van der Waals surface area contributed by atoms with Crippen molar-refractivity contribution in [2.24, 2.45) is 0 Å². The second kappa shape index (κ2) is 13.1. The third-order valence-corrected chi connectivity index (χ3v) is 9.75. The van der Waals surface area contributed by atoms with E-state index in [2.05, 4.69) is 23.7 Å². The van der Waals surface area contributed by atoms with Gasteiger partial charge in [0.05, 0.1) is 13.2 Å². The molecule has 0 radical (unpaired) electrons. The van der Waals surface area contributed by atoms with Gasteiger partial charge in [0.2, 0.25) is 0 Å². The maximum Gasteiger partial charge on any atom is 0.407 e. The van der Waals surface area contributed by atoms with E-state index in [1.807, 2.05) is 24.3 Å². The molecule has 0 bridgehead atoms. The highest BCUT2D eigenvalue weighted by molar-refractivity contribution is 5.83. The van der Waals surface area contributed by atoms with Gasteiger partial charge in [0.15, 0.2) is 0 Å². The maximum absolute atomic E-state index is 11.8. The number of aliphatic hydroxyl groups excluding tert-OH is 8. The number of fused-ring (bicyclic) bond motifs is 5. The van der Waals surface area contributed by atoms with Crippen LogP contribution in [0.4, 0.5) is 4.79 Å². The second-order valence-corrected chi connectivity index (χ2v) is 12.4. The van der Waals surface area contributed by atoms with Gasteiger partial charge in [-0.15, -0.1) is 0 Å². The molecule has 2 aromatic carbocycles. The summed E-state index contributed by atoms with van der Waals surface area (Å²) in [5, 5.41) is 90.0. The smallest absolute Gasteiger partial charge is 0.407 e. The number of amides is 1. The van der Waals surface area contributed by atoms with Crippen LogP contribution >= 0.6 is 0 Å². The zero-order chi connectivity index (χ0) is 33.6. The minimum atomic E-state index is -1.55. The monoisotopic (exact) mass is 651 g/mol. The van der Waals surface area contributed by atoms with Gasteiger partial charge in [0, 0.05) is 29.6 Å². The van der Waals surface area contributed by atoms with Crippen molar-refractivity contribution in [1.82, 2.24) is 4.90 Å². The van der Waals surface area contributed by atoms with E-state index in [0.717, 1.165) is 22.3 Å². The van der Waals surface area contributed by atoms with E-state index < -0.39 is 85.8 Å². The van der Waals surface area contributed by atoms with Gasteiger partial charge in [-0.25, -0.2) is 4.79 Å². The molecule has 1 amide bonds. The molecule has 4 aliphatic rings. The number of nitrogens with zero attached hydrogens (tertiary/aromatic N) is 1. The highest BCUT2D eigenvalue weighted by atomic mass is 16.5. The molecule has 6 rings (SSSR count). The molecule has 0 unspecified atom stereocenters. The number of hydrogen-bond acceptors (Lipinski definition) is 11. The number of ether oxygens (including phenoxy) is 2. The summed E-state index contributed by atoms with van der Waals surface area (Å²) in [5.74, 6) is 11.6. The summed E-state index contributed by atoms with van der Waals surface area (Å²) in [6.45, 7) is -0.554. The number of hydrogen-bond donors (Lipinski definition) is 9. The predicted molar refractivity (Wildman–Crippen MR) is 163 cm³/mol. The van der Waals surface area contributed by atoms with Crippen LogP contribution in [0.2, 0.25) is 0 Å². The number of aliphatic hydroxyl groups is 8. The van der Waals surface area contributed by atoms with Gasteiger partial charge in [0.1, 0.15) is 61.0 Å². The van der Waals surface area contributed by atoms with Crippen molar-refractivity contribution in [2.75, 3.05) is 26.3 Å². The van der Waals surface area contributed by atoms with Crippen LogP contribution in [0, 0.1) is 23.7 Å². The van der Waals surface area contributed by atoms with Gasteiger partial charge in [0.25, 0.3) is 0 Å². The Hall–Kier alpha value is -3.57. The third kappa shape index (κ3) is 5.90. The summed E-state index contributed by atoms with van der Waals surface area (Å²) in [5.41, 5.74) is 4.34. The Balaban J connectivity index is 1.34. The molecule has 3 aliphatic heterocycles. The van der Waals surface area contributed by atoms with Crippen LogP contribution in [-0.4, -0.2) is 144 Å². The number of likely N-dealkylation sites (tertiary alicyclic amines) is 1. The van der Waals surface area contributed by atoms with E-state index in [1.54, 1.807) is 12.1 Å². The minimum absolute atomic E-state index is 0.287. The molecular formula is C34H37NO12. The first kappa shape index (κ1) is 33.3. The van der Waals surface area contributed by atoms with Crippen molar-refractivity contribution in [3.63, 3.8) is 0 Å². The Bertz CT molecular complexity index is 1520. The molecule has 3 saturated heterocycles. The lowest BCUT2D eigenvalue weighted by atomic mass is 9.70. The van der Waals surface area contributed by atoms with Crippen molar-refractivity contribution in [1.29, 1.82) is 0 Å². The van der Waals surface area contributed by atoms with Crippen LogP contribution in [-0.2, 0) is 14.9 Å². The maximum atomic E-state index is 11.8. The van der Waals surface area contributed by atoms with Crippen molar-refractivity contribution >= 4 is 6.09 Å². The summed E-state index contributed by atoms with van der Waals surface area (Å²) in [4.78, 5) is 13.2. The number of piperidine rings is 1. The van der Waals surface area contributed by atoms with E-state index in [4.69, 9.17) is 9.47 Å². The van der Waals surface area contributed by atoms with E-state index >= 15 is 0 Å². The lowest BCUT2D eigenvalue weighted by molar-refractivity contribution is -0.214. The SMILES string of the molecule is O=C(O)N1CCC2(CC1)c1cc(C#C[C@H]3O[C@H](CO)[C@@H](O)[C@H](O)[C@H]3O)ccc1-c1ccc(C#C[C@H]3O[C@H](CO)[C@@H](O)[C@H](O)[C@H]3O)cc12. The second-order valence-electron chi connectivity index (χ2n) is 12.4. The van der Waals surface area contributed by atoms with E-state index in [1.165, 1.54) is 4.90 Å². The first-order valence-corrected chi connectivity index (χ1v) is 15.4. The van der Waals surface area contributed by atoms with Crippen LogP contribution < -0.4 is 0 Å². The molecule has 1 aliphatic carbocycles. The van der Waals surface area contributed by atoms with Crippen LogP contribution in [0.25, 0.3) is 11.1 Å². The van der Waals surface area contributed by atoms with Crippen molar-refractivity contribution in [2.45, 2.75) is 79.3 Å². The first-order valence-electron chi connectivity index (χ1n) is 15.4. The summed E-state index contributed by atoms with van der Waals surface area (Å²) in [6, 6.07) is 11.3. The molecule has 1 spiro atoms. The lowest BCUT2D eigenvalue weighted by Crippen LogP contribution is -2.58. The topological polar surface area (TPSA) is 221 Å². The van der Waals surface area contributed by atoms with Gasteiger partial charge in [-0.3, -0.25) is 0 Å². The molecule has 3 fully saturated rings. The van der Waals surface area contributed by atoms with Crippen LogP contribution in [0.1, 0.15) is 35.1 Å². The van der Waals surface area contributed by atoms with E-state index in [-0.39, 0.29) is 13.1 Å². The van der Waals surface area contributed by atoms with Crippen LogP contribution in [0.3, 0.4) is 0 Å². The average molecular weight is 652 g/mol. The third-order valence-electron chi connectivity index (χ3n) is 9.75. The summed E-state index contributed by atoms with van der Waals surface area (Å²) < 4.78 is 11.1. The Morgan fingerprint density at radius 3 is 1.51 bits per heavy atom. The highest BCUT2D eigenvalue weighted by Crippen LogP contribution is 2.54. The molecule has 10 atom stereocenters. The predicted octanol–water partition coefficient (Wildman–Crippen LogP) is -1.89. The minimum Gasteiger partial charge on any atom is -0.465 e. The summed E-state index contributed by atoms with van der Waals surface area (Å²) >= 11 is 0. The zero-order valence-electron chi connectivity index (χ0n) is 25.2. The zero-order valence-corrected chi connectivity index (χ0v) is 25.2. The quantitative estimate of drug-likeness (QED) is 0.163. The molecule has 47 heavy (non-hydrogen) atoms. The fourth-order valence-electron chi connectivity index (χ4n) is 7.02. The number of carboxylic acid groups (broad SMARTS) is 1. The first-order chi connectivity index (χ1) is 22.5. The van der Waals surface area contributed by atoms with Crippen LogP contribution in [0.15, 0.2) is 36.4 Å². The van der Waals surface area contributed by atoms with Crippen molar-refractivity contribution in [3.8, 4) is 34.8 Å². The molecule has 9 N–H and O–H groups in total. The summed E-state index contributed by atoms with van der Waals surface area (Å²) in [7, 11) is 0. The van der Waals surface area contributed by atoms with Crippen LogP contribution in [0.5, 0.6) is 0 Å². The van der Waals surface area contributed by atoms with Gasteiger partial charge >= 0.3 is 6.09 Å². The molecule has 0 saturated carbocycles. The highest BCUT2D eigenvalue weighted by Gasteiger charge is 2.47. The Labute approximate surface area is 270 Å². The molecule has 2 aromatic rings. The standard InChI is InChI=1S/C34H37NO12/c36-15-25-29(40)31(42)27(38)23(46-25)7-3-17-1-5-19-20-6-2-18(4-8-24-28(39)32(43)30(41)26(16-37)47-24)14-22(20)34(21(19)13-17)9-11-35(12-10-34)33(44)45/h1-2,5-6,13-14,23-32,36-43H,9-12,15-16H2,(H,44,45)/t23-,24-,25-,26-,27+,28+,29-,30-,31-,32-/m1/s1. The van der Waals surface area contributed by atoms with Gasteiger partial charge in [-0.1, -0.05) is 35.8 Å². The molecule has 3 heterocycles. The number of benzene rings is 2. The van der Waals surface area contributed by atoms with E-state index in [0.29, 0.717) is 24.0 Å². The Morgan fingerprint density at radius 1 is 0.702 bits per heavy atom. The van der Waals surface area contributed by atoms with E-state index in [9.17, 15) is 50.8 Å². The Kier molecular flexibility index (Phi) is 9.32. The molecule has 13 heteroatoms. The van der Waals surface area contributed by atoms with Gasteiger partial charge in [-0.2, -0.15) is 0 Å². The van der Waals surface area contributed by atoms with Gasteiger partial charge < -0.3 is 60.3 Å². The lowest BCUT2D eigenvalue weighted by Gasteiger charge is -2.40. The Morgan fingerprint density at radius 2 is 1.13 bits per heavy atom. The molecule has 0 aromatic heterocycles. The largest absolute Gasteiger partial charge is 0.465 e. The number of carbonyl (C=O) groups is 1. The van der Waals surface area contributed by atoms with Gasteiger partial charge in [-0.05, 0) is 59.4 Å². The molecule has 13 nitrogen and oxygen atoms in total.